The molecule has 0 amide bonds. The van der Waals surface area contributed by atoms with E-state index in [4.69, 9.17) is 5.11 Å². The van der Waals surface area contributed by atoms with E-state index in [0.717, 1.165) is 0 Å². The number of aliphatic hydroxyl groups excluding tert-OH is 1. The Balaban J connectivity index is 2.69. The molecule has 102 valence electrons. The van der Waals surface area contributed by atoms with Crippen LogP contribution < -0.4 is 4.72 Å². The Hall–Kier alpha value is -0.180. The summed E-state index contributed by atoms with van der Waals surface area (Å²) in [5.41, 5.74) is 0. The van der Waals surface area contributed by atoms with Gasteiger partial charge in [-0.15, -0.1) is 0 Å². The zero-order chi connectivity index (χ0) is 13.1. The van der Waals surface area contributed by atoms with Crippen LogP contribution in [0.15, 0.2) is 0 Å². The Labute approximate surface area is 102 Å². The minimum Gasteiger partial charge on any atom is -0.396 e. The molecule has 1 rings (SSSR count). The molecule has 2 unspecified atom stereocenters. The van der Waals surface area contributed by atoms with Crippen molar-refractivity contribution in [1.29, 1.82) is 0 Å². The normalized spacial score (nSPS) is 25.9. The average Bonchev–Trinajstić information content (AvgIpc) is 2.58. The first-order chi connectivity index (χ1) is 7.80. The fourth-order valence-electron chi connectivity index (χ4n) is 1.84. The van der Waals surface area contributed by atoms with E-state index < -0.39 is 25.1 Å². The average molecular weight is 285 g/mol. The summed E-state index contributed by atoms with van der Waals surface area (Å²) < 4.78 is 48.8. The second kappa shape index (κ2) is 5.64. The summed E-state index contributed by atoms with van der Waals surface area (Å²) in [6.07, 6.45) is 1.07. The van der Waals surface area contributed by atoms with Crippen LogP contribution in [0.4, 0.5) is 0 Å². The van der Waals surface area contributed by atoms with Gasteiger partial charge >= 0.3 is 0 Å². The molecule has 1 aliphatic rings. The van der Waals surface area contributed by atoms with Crippen LogP contribution in [0.1, 0.15) is 26.2 Å². The molecule has 8 heteroatoms. The lowest BCUT2D eigenvalue weighted by molar-refractivity contribution is 0.270. The van der Waals surface area contributed by atoms with Crippen LogP contribution in [0.5, 0.6) is 0 Å². The maximum absolute atomic E-state index is 11.9. The van der Waals surface area contributed by atoms with Gasteiger partial charge < -0.3 is 5.11 Å². The first-order valence-corrected chi connectivity index (χ1v) is 9.00. The summed E-state index contributed by atoms with van der Waals surface area (Å²) >= 11 is 0. The summed E-state index contributed by atoms with van der Waals surface area (Å²) in [7, 11) is -6.81. The Kier molecular flexibility index (Phi) is 4.94. The van der Waals surface area contributed by atoms with Gasteiger partial charge in [-0.2, -0.15) is 0 Å². The fourth-order valence-corrected chi connectivity index (χ4v) is 6.24. The standard InChI is InChI=1S/C9H19NO5S2/c1-2-8(3-5-11)10-17(14,15)9-4-6-16(12,13)7-9/h8-11H,2-7H2,1H3. The molecule has 1 saturated heterocycles. The monoisotopic (exact) mass is 285 g/mol. The van der Waals surface area contributed by atoms with Gasteiger partial charge in [0.05, 0.1) is 16.8 Å². The lowest BCUT2D eigenvalue weighted by atomic mass is 10.2. The zero-order valence-corrected chi connectivity index (χ0v) is 11.4. The van der Waals surface area contributed by atoms with Crippen LogP contribution in [0.2, 0.25) is 0 Å². The summed E-state index contributed by atoms with van der Waals surface area (Å²) in [4.78, 5) is 0. The highest BCUT2D eigenvalue weighted by Crippen LogP contribution is 2.19. The molecule has 1 heterocycles. The predicted molar refractivity (Wildman–Crippen MR) is 64.9 cm³/mol. The predicted octanol–water partition coefficient (Wildman–Crippen LogP) is -0.746. The lowest BCUT2D eigenvalue weighted by Crippen LogP contribution is -2.41. The van der Waals surface area contributed by atoms with Crippen LogP contribution in [0.3, 0.4) is 0 Å². The second-order valence-corrected chi connectivity index (χ2v) is 8.53. The van der Waals surface area contributed by atoms with Crippen LogP contribution >= 0.6 is 0 Å². The number of aliphatic hydroxyl groups is 1. The summed E-state index contributed by atoms with van der Waals surface area (Å²) in [6, 6.07) is -0.326. The van der Waals surface area contributed by atoms with Gasteiger partial charge in [0, 0.05) is 12.6 Å². The molecular weight excluding hydrogens is 266 g/mol. The highest BCUT2D eigenvalue weighted by atomic mass is 32.2. The van der Waals surface area contributed by atoms with Gasteiger partial charge in [-0.05, 0) is 19.3 Å². The number of hydrogen-bond acceptors (Lipinski definition) is 5. The lowest BCUT2D eigenvalue weighted by Gasteiger charge is -2.18. The molecule has 0 saturated carbocycles. The van der Waals surface area contributed by atoms with Crippen molar-refractivity contribution < 1.29 is 21.9 Å². The van der Waals surface area contributed by atoms with Crippen molar-refractivity contribution in [2.24, 2.45) is 0 Å². The maximum Gasteiger partial charge on any atom is 0.215 e. The molecule has 0 aliphatic carbocycles. The number of sulfone groups is 1. The fraction of sp³-hybridized carbons (Fsp3) is 1.00. The molecule has 0 bridgehead atoms. The van der Waals surface area contributed by atoms with E-state index in [1.165, 1.54) is 0 Å². The third-order valence-corrected chi connectivity index (χ3v) is 6.85. The van der Waals surface area contributed by atoms with Gasteiger partial charge in [0.25, 0.3) is 0 Å². The van der Waals surface area contributed by atoms with E-state index >= 15 is 0 Å². The highest BCUT2D eigenvalue weighted by Gasteiger charge is 2.37. The van der Waals surface area contributed by atoms with Crippen molar-refractivity contribution in [3.63, 3.8) is 0 Å². The molecule has 0 aromatic rings. The van der Waals surface area contributed by atoms with Gasteiger partial charge in [0.2, 0.25) is 10.0 Å². The number of rotatable bonds is 6. The van der Waals surface area contributed by atoms with E-state index in [1.54, 1.807) is 0 Å². The van der Waals surface area contributed by atoms with E-state index in [9.17, 15) is 16.8 Å². The van der Waals surface area contributed by atoms with Gasteiger partial charge in [-0.1, -0.05) is 6.92 Å². The Morgan fingerprint density at radius 3 is 2.53 bits per heavy atom. The van der Waals surface area contributed by atoms with Crippen molar-refractivity contribution in [2.45, 2.75) is 37.5 Å². The quantitative estimate of drug-likeness (QED) is 0.669. The molecule has 0 aromatic carbocycles. The number of hydrogen-bond donors (Lipinski definition) is 2. The zero-order valence-electron chi connectivity index (χ0n) is 9.79. The smallest absolute Gasteiger partial charge is 0.215 e. The van der Waals surface area contributed by atoms with Crippen molar-refractivity contribution in [1.82, 2.24) is 4.72 Å². The molecular formula is C9H19NO5S2. The minimum absolute atomic E-state index is 0.0602. The van der Waals surface area contributed by atoms with Gasteiger partial charge in [0.1, 0.15) is 0 Å². The molecule has 17 heavy (non-hydrogen) atoms. The Morgan fingerprint density at radius 1 is 1.47 bits per heavy atom. The van der Waals surface area contributed by atoms with Gasteiger partial charge in [-0.25, -0.2) is 21.6 Å². The first-order valence-electron chi connectivity index (χ1n) is 5.63. The number of nitrogens with one attached hydrogen (secondary N) is 1. The number of sulfonamides is 1. The third-order valence-electron chi connectivity index (χ3n) is 2.93. The van der Waals surface area contributed by atoms with Crippen molar-refractivity contribution in [3.05, 3.63) is 0 Å². The van der Waals surface area contributed by atoms with Crippen molar-refractivity contribution >= 4 is 19.9 Å². The van der Waals surface area contributed by atoms with Crippen molar-refractivity contribution in [3.8, 4) is 0 Å². The largest absolute Gasteiger partial charge is 0.396 e. The summed E-state index contributed by atoms with van der Waals surface area (Å²) in [6.45, 7) is 1.72. The van der Waals surface area contributed by atoms with E-state index in [-0.39, 0.29) is 30.6 Å². The second-order valence-electron chi connectivity index (χ2n) is 4.31. The van der Waals surface area contributed by atoms with Gasteiger partial charge in [0.15, 0.2) is 9.84 Å². The third kappa shape index (κ3) is 4.20. The molecule has 0 spiro atoms. The van der Waals surface area contributed by atoms with Gasteiger partial charge in [-0.3, -0.25) is 0 Å². The Bertz CT molecular complexity index is 442. The minimum atomic E-state index is -3.60. The van der Waals surface area contributed by atoms with E-state index in [0.29, 0.717) is 12.8 Å². The Morgan fingerprint density at radius 2 is 2.12 bits per heavy atom. The topological polar surface area (TPSA) is 101 Å². The molecule has 0 aromatic heterocycles. The molecule has 6 nitrogen and oxygen atoms in total. The summed E-state index contributed by atoms with van der Waals surface area (Å²) in [5.74, 6) is -0.354. The SMILES string of the molecule is CCC(CCO)NS(=O)(=O)C1CCS(=O)(=O)C1. The molecule has 2 atom stereocenters. The maximum atomic E-state index is 11.9. The van der Waals surface area contributed by atoms with Crippen LogP contribution in [-0.2, 0) is 19.9 Å². The molecule has 1 fully saturated rings. The molecule has 0 radical (unpaired) electrons. The van der Waals surface area contributed by atoms with Crippen LogP contribution in [-0.4, -0.2) is 51.3 Å². The van der Waals surface area contributed by atoms with Crippen LogP contribution in [0, 0.1) is 0 Å². The van der Waals surface area contributed by atoms with E-state index in [1.807, 2.05) is 6.92 Å². The molecule has 1 aliphatic heterocycles. The van der Waals surface area contributed by atoms with Crippen molar-refractivity contribution in [2.75, 3.05) is 18.1 Å². The molecule has 2 N–H and O–H groups in total. The first kappa shape index (κ1) is 14.9. The highest BCUT2D eigenvalue weighted by molar-refractivity contribution is 7.95. The van der Waals surface area contributed by atoms with Crippen LogP contribution in [0.25, 0.3) is 0 Å². The van der Waals surface area contributed by atoms with E-state index in [2.05, 4.69) is 4.72 Å². The summed E-state index contributed by atoms with van der Waals surface area (Å²) in [5, 5.41) is 7.94.